The minimum absolute atomic E-state index is 0.0722. The number of thioether (sulfide) groups is 1. The van der Waals surface area contributed by atoms with Crippen molar-refractivity contribution in [3.63, 3.8) is 0 Å². The van der Waals surface area contributed by atoms with E-state index in [-0.39, 0.29) is 23.5 Å². The van der Waals surface area contributed by atoms with Crippen molar-refractivity contribution in [3.05, 3.63) is 66.2 Å². The molecule has 0 spiro atoms. The lowest BCUT2D eigenvalue weighted by molar-refractivity contribution is -0.114. The van der Waals surface area contributed by atoms with Gasteiger partial charge in [-0.05, 0) is 29.8 Å². The number of nitrogens with zero attached hydrogens (tertiary/aromatic N) is 4. The maximum Gasteiger partial charge on any atom is 0.264 e. The van der Waals surface area contributed by atoms with Crippen LogP contribution < -0.4 is 21.9 Å². The van der Waals surface area contributed by atoms with Crippen LogP contribution >= 0.6 is 11.8 Å². The van der Waals surface area contributed by atoms with Crippen LogP contribution in [-0.4, -0.2) is 38.7 Å². The Morgan fingerprint density at radius 2 is 1.84 bits per heavy atom. The van der Waals surface area contributed by atoms with Gasteiger partial charge < -0.3 is 16.5 Å². The topological polar surface area (TPSA) is 139 Å². The average Bonchev–Trinajstić information content (AvgIpc) is 3.12. The molecule has 0 fully saturated rings. The van der Waals surface area contributed by atoms with Crippen molar-refractivity contribution in [2.45, 2.75) is 12.1 Å². The van der Waals surface area contributed by atoms with Crippen LogP contribution in [0.25, 0.3) is 6.08 Å². The molecule has 0 aliphatic rings. The van der Waals surface area contributed by atoms with E-state index in [9.17, 15) is 9.59 Å². The van der Waals surface area contributed by atoms with E-state index in [1.165, 1.54) is 11.6 Å². The number of hydrogen-bond acceptors (Lipinski definition) is 8. The Hall–Kier alpha value is -4.12. The maximum absolute atomic E-state index is 12.2. The monoisotopic (exact) mass is 450 g/mol. The number of nitrogen functional groups attached to an aromatic ring is 1. The number of aromatic nitrogens is 3. The number of rotatable bonds is 9. The van der Waals surface area contributed by atoms with Gasteiger partial charge in [0.05, 0.1) is 5.75 Å². The standard InChI is InChI=1S/C21H22N8O2S/c1-15(30)24-17-10-5-11-18(13-17)25-19(31)14-32-21-28-27-20(29(21)22)26-23-12-6-9-16-7-3-2-4-8-16/h2-13H,14,22H2,1H3,(H,24,30)(H,25,31)(H,26,27)/b9-6+,23-12+. The lowest BCUT2D eigenvalue weighted by Gasteiger charge is -2.07. The summed E-state index contributed by atoms with van der Waals surface area (Å²) in [6, 6.07) is 16.7. The van der Waals surface area contributed by atoms with E-state index in [1.54, 1.807) is 36.6 Å². The fourth-order valence-corrected chi connectivity index (χ4v) is 3.17. The molecule has 0 saturated carbocycles. The van der Waals surface area contributed by atoms with Gasteiger partial charge in [-0.3, -0.25) is 9.59 Å². The van der Waals surface area contributed by atoms with Gasteiger partial charge in [-0.2, -0.15) is 5.10 Å². The first-order chi connectivity index (χ1) is 15.5. The number of nitrogens with one attached hydrogen (secondary N) is 3. The number of hydrogen-bond donors (Lipinski definition) is 4. The lowest BCUT2D eigenvalue weighted by atomic mass is 10.2. The SMILES string of the molecule is CC(=O)Nc1cccc(NC(=O)CSc2nnc(N/N=C/C=C/c3ccccc3)n2N)c1. The van der Waals surface area contributed by atoms with E-state index in [2.05, 4.69) is 31.4 Å². The summed E-state index contributed by atoms with van der Waals surface area (Å²) in [6.45, 7) is 1.42. The van der Waals surface area contributed by atoms with Crippen molar-refractivity contribution in [2.75, 3.05) is 27.7 Å². The number of anilines is 3. The molecule has 2 amide bonds. The summed E-state index contributed by atoms with van der Waals surface area (Å²) in [5, 5.41) is 17.7. The largest absolute Gasteiger partial charge is 0.334 e. The maximum atomic E-state index is 12.2. The molecular formula is C21H22N8O2S. The second-order valence-electron chi connectivity index (χ2n) is 6.43. The highest BCUT2D eigenvalue weighted by Gasteiger charge is 2.12. The van der Waals surface area contributed by atoms with E-state index in [0.717, 1.165) is 17.3 Å². The van der Waals surface area contributed by atoms with Gasteiger partial charge in [0.1, 0.15) is 0 Å². The predicted molar refractivity (Wildman–Crippen MR) is 128 cm³/mol. The Kier molecular flexibility index (Phi) is 7.98. The Bertz CT molecular complexity index is 1130. The molecule has 1 heterocycles. The molecule has 0 saturated heterocycles. The number of amides is 2. The minimum Gasteiger partial charge on any atom is -0.334 e. The Morgan fingerprint density at radius 1 is 1.09 bits per heavy atom. The molecule has 164 valence electrons. The number of nitrogens with two attached hydrogens (primary N) is 1. The van der Waals surface area contributed by atoms with Crippen LogP contribution in [0.3, 0.4) is 0 Å². The molecule has 3 rings (SSSR count). The molecule has 0 radical (unpaired) electrons. The summed E-state index contributed by atoms with van der Waals surface area (Å²) in [6.07, 6.45) is 5.25. The molecule has 0 unspecified atom stereocenters. The van der Waals surface area contributed by atoms with Gasteiger partial charge in [-0.1, -0.05) is 54.2 Å². The van der Waals surface area contributed by atoms with Gasteiger partial charge in [-0.15, -0.1) is 10.2 Å². The van der Waals surface area contributed by atoms with Gasteiger partial charge >= 0.3 is 0 Å². The van der Waals surface area contributed by atoms with Crippen LogP contribution in [0.1, 0.15) is 12.5 Å². The summed E-state index contributed by atoms with van der Waals surface area (Å²) in [7, 11) is 0. The van der Waals surface area contributed by atoms with Crippen molar-refractivity contribution in [1.29, 1.82) is 0 Å². The minimum atomic E-state index is -0.253. The van der Waals surface area contributed by atoms with Crippen LogP contribution in [0.4, 0.5) is 17.3 Å². The highest BCUT2D eigenvalue weighted by atomic mass is 32.2. The average molecular weight is 451 g/mol. The summed E-state index contributed by atoms with van der Waals surface area (Å²) < 4.78 is 1.22. The van der Waals surface area contributed by atoms with Crippen molar-refractivity contribution in [2.24, 2.45) is 5.10 Å². The van der Waals surface area contributed by atoms with Gasteiger partial charge in [0, 0.05) is 24.5 Å². The van der Waals surface area contributed by atoms with Gasteiger partial charge in [-0.25, -0.2) is 10.1 Å². The number of carbonyl (C=O) groups excluding carboxylic acids is 2. The molecule has 2 aromatic carbocycles. The molecular weight excluding hydrogens is 428 g/mol. The third-order valence-electron chi connectivity index (χ3n) is 3.88. The summed E-state index contributed by atoms with van der Waals surface area (Å²) in [4.78, 5) is 23.4. The normalized spacial score (nSPS) is 11.0. The molecule has 3 aromatic rings. The summed E-state index contributed by atoms with van der Waals surface area (Å²) in [5.74, 6) is 5.83. The van der Waals surface area contributed by atoms with E-state index in [1.807, 2.05) is 36.4 Å². The molecule has 0 aliphatic heterocycles. The van der Waals surface area contributed by atoms with E-state index in [0.29, 0.717) is 16.5 Å². The zero-order valence-corrected chi connectivity index (χ0v) is 18.0. The summed E-state index contributed by atoms with van der Waals surface area (Å²) >= 11 is 1.13. The Morgan fingerprint density at radius 3 is 2.59 bits per heavy atom. The third kappa shape index (κ3) is 6.99. The molecule has 0 atom stereocenters. The van der Waals surface area contributed by atoms with Crippen molar-refractivity contribution >= 4 is 53.2 Å². The number of benzene rings is 2. The molecule has 11 heteroatoms. The van der Waals surface area contributed by atoms with Crippen LogP contribution in [-0.2, 0) is 9.59 Å². The lowest BCUT2D eigenvalue weighted by Crippen LogP contribution is -2.17. The van der Waals surface area contributed by atoms with Gasteiger partial charge in [0.2, 0.25) is 17.0 Å². The fraction of sp³-hybridized carbons (Fsp3) is 0.0952. The quantitative estimate of drug-likeness (QED) is 0.170. The van der Waals surface area contributed by atoms with Crippen molar-refractivity contribution in [1.82, 2.24) is 14.9 Å². The zero-order chi connectivity index (χ0) is 22.8. The zero-order valence-electron chi connectivity index (χ0n) is 17.2. The molecule has 5 N–H and O–H groups in total. The molecule has 32 heavy (non-hydrogen) atoms. The molecule has 0 bridgehead atoms. The Labute approximate surface area is 189 Å². The second kappa shape index (κ2) is 11.3. The smallest absolute Gasteiger partial charge is 0.264 e. The van der Waals surface area contributed by atoms with Crippen LogP contribution in [0, 0.1) is 0 Å². The van der Waals surface area contributed by atoms with Crippen LogP contribution in [0.15, 0.2) is 70.9 Å². The highest BCUT2D eigenvalue weighted by molar-refractivity contribution is 7.99. The molecule has 0 aliphatic carbocycles. The second-order valence-corrected chi connectivity index (χ2v) is 7.38. The molecule has 10 nitrogen and oxygen atoms in total. The fourth-order valence-electron chi connectivity index (χ4n) is 2.51. The van der Waals surface area contributed by atoms with Gasteiger partial charge in [0.25, 0.3) is 5.95 Å². The van der Waals surface area contributed by atoms with Crippen molar-refractivity contribution in [3.8, 4) is 0 Å². The first-order valence-corrected chi connectivity index (χ1v) is 10.5. The van der Waals surface area contributed by atoms with E-state index in [4.69, 9.17) is 5.84 Å². The van der Waals surface area contributed by atoms with Crippen molar-refractivity contribution < 1.29 is 9.59 Å². The molecule has 1 aromatic heterocycles. The predicted octanol–water partition coefficient (Wildman–Crippen LogP) is 2.79. The highest BCUT2D eigenvalue weighted by Crippen LogP contribution is 2.19. The number of hydrazone groups is 1. The summed E-state index contributed by atoms with van der Waals surface area (Å²) in [5.41, 5.74) is 4.92. The van der Waals surface area contributed by atoms with E-state index >= 15 is 0 Å². The first-order valence-electron chi connectivity index (χ1n) is 9.53. The van der Waals surface area contributed by atoms with Crippen LogP contribution in [0.2, 0.25) is 0 Å². The van der Waals surface area contributed by atoms with E-state index < -0.39 is 0 Å². The number of carbonyl (C=O) groups is 2. The van der Waals surface area contributed by atoms with Crippen LogP contribution in [0.5, 0.6) is 0 Å². The van der Waals surface area contributed by atoms with Gasteiger partial charge in [0.15, 0.2) is 0 Å². The Balaban J connectivity index is 1.48. The third-order valence-corrected chi connectivity index (χ3v) is 4.82. The number of allylic oxidation sites excluding steroid dienone is 1. The first kappa shape index (κ1) is 22.6.